The van der Waals surface area contributed by atoms with Gasteiger partial charge in [-0.2, -0.15) is 0 Å². The fraction of sp³-hybridized carbons (Fsp3) is 0.474. The van der Waals surface area contributed by atoms with Crippen LogP contribution < -0.4 is 5.32 Å². The molecule has 8 nitrogen and oxygen atoms in total. The van der Waals surface area contributed by atoms with Crippen molar-refractivity contribution >= 4 is 25.0 Å². The number of halogens is 3. The second-order valence-electron chi connectivity index (χ2n) is 13.2. The molecule has 2 N–H and O–H groups in total. The predicted octanol–water partition coefficient (Wildman–Crippen LogP) is 5.96. The average molecular weight is 692 g/mol. The Balaban J connectivity index is 0.00000160. The molecule has 2 aliphatic heterocycles. The number of aromatic nitrogens is 1. The number of rotatable bonds is 10. The first kappa shape index (κ1) is 40.2. The van der Waals surface area contributed by atoms with Crippen molar-refractivity contribution in [2.24, 2.45) is 5.92 Å². The molecular weight excluding hydrogens is 644 g/mol. The fourth-order valence-electron chi connectivity index (χ4n) is 5.80. The van der Waals surface area contributed by atoms with Gasteiger partial charge < -0.3 is 9.84 Å². The third-order valence-electron chi connectivity index (χ3n) is 8.08. The summed E-state index contributed by atoms with van der Waals surface area (Å²) in [5.41, 5.74) is 4.61. The summed E-state index contributed by atoms with van der Waals surface area (Å²) in [5.74, 6) is 5.24. The van der Waals surface area contributed by atoms with Gasteiger partial charge in [0.05, 0.1) is 0 Å². The molecule has 4 rings (SSSR count). The Morgan fingerprint density at radius 1 is 1.20 bits per heavy atom. The Morgan fingerprint density at radius 2 is 1.86 bits per heavy atom. The summed E-state index contributed by atoms with van der Waals surface area (Å²) in [6.45, 7) is 10.3. The number of ether oxygens (including phenoxy) is 1. The van der Waals surface area contributed by atoms with Crippen LogP contribution in [0, 0.1) is 31.6 Å². The molecule has 50 heavy (non-hydrogen) atoms. The number of aliphatic carboxylic acids is 1. The number of benzene rings is 1. The fourth-order valence-corrected chi connectivity index (χ4v) is 5.80. The summed E-state index contributed by atoms with van der Waals surface area (Å²) in [5, 5.41) is 10.4. The van der Waals surface area contributed by atoms with Gasteiger partial charge in [0.2, 0.25) is 0 Å². The first-order valence-electron chi connectivity index (χ1n) is 16.7. The number of allylic oxidation sites excluding steroid dienone is 1. The molecule has 1 fully saturated rings. The topological polar surface area (TPSA) is 95.0 Å². The van der Waals surface area contributed by atoms with Gasteiger partial charge in [-0.15, -0.1) is 0 Å². The minimum absolute atomic E-state index is 0.0698. The van der Waals surface area contributed by atoms with Crippen LogP contribution in [0.15, 0.2) is 53.8 Å². The number of hydrogen-bond donors (Lipinski definition) is 2. The normalized spacial score (nSPS) is 16.6. The Bertz CT molecular complexity index is 1640. The number of carboxylic acids is 1. The maximum atomic E-state index is 14.0. The number of amides is 1. The number of carbonyl (C=O) groups excluding carboxylic acids is 1. The molecule has 0 bridgehead atoms. The number of aryl methyl sites for hydroxylation is 2. The zero-order valence-corrected chi connectivity index (χ0v) is 29.9. The van der Waals surface area contributed by atoms with Crippen molar-refractivity contribution in [2.75, 3.05) is 27.2 Å². The van der Waals surface area contributed by atoms with Gasteiger partial charge in [0.1, 0.15) is 0 Å². The molecule has 2 aliphatic rings. The Hall–Kier alpha value is -4.21. The van der Waals surface area contributed by atoms with E-state index in [-0.39, 0.29) is 42.1 Å². The van der Waals surface area contributed by atoms with E-state index in [2.05, 4.69) is 43.1 Å². The van der Waals surface area contributed by atoms with Crippen LogP contribution in [-0.2, 0) is 20.9 Å². The van der Waals surface area contributed by atoms with E-state index < -0.39 is 23.8 Å². The molecule has 267 valence electrons. The standard InChI is InChI=1S/C36H43BF3N4O2.C2H4O2/c1-23(2)17-32(44-22-26(14-15-43(5)6)31(20-33(44)37)36(38,39)40)35(45)41-21-29-19-27(34-24(3)9-7-10-25(34)4)18-28(42-29)12-13-30-11-8-16-46-30;1-2(3)4/h7,9-10,18-20,22-23,30,32H,8,11,14-17,21H2,1-6H3,(H,41,45);1H3,(H,3,4). The third kappa shape index (κ3) is 12.0. The van der Waals surface area contributed by atoms with Gasteiger partial charge >= 0.3 is 242 Å². The summed E-state index contributed by atoms with van der Waals surface area (Å²) in [6.07, 6.45) is 0.0396. The maximum absolute atomic E-state index is 14.0. The van der Waals surface area contributed by atoms with Gasteiger partial charge in [0.25, 0.3) is 5.97 Å². The number of carbonyl (C=O) groups is 2. The number of nitrogens with one attached hydrogen (secondary N) is 1. The van der Waals surface area contributed by atoms with E-state index in [4.69, 9.17) is 27.1 Å². The van der Waals surface area contributed by atoms with Crippen LogP contribution in [0.1, 0.15) is 69.0 Å². The van der Waals surface area contributed by atoms with Crippen LogP contribution in [0.5, 0.6) is 0 Å². The van der Waals surface area contributed by atoms with E-state index in [1.165, 1.54) is 11.1 Å². The summed E-state index contributed by atoms with van der Waals surface area (Å²) in [6, 6.07) is 9.20. The number of pyridine rings is 1. The second-order valence-corrected chi connectivity index (χ2v) is 13.2. The van der Waals surface area contributed by atoms with E-state index in [1.807, 2.05) is 36.9 Å². The van der Waals surface area contributed by atoms with Gasteiger partial charge in [-0.1, -0.05) is 6.07 Å². The van der Waals surface area contributed by atoms with Gasteiger partial charge in [-0.05, 0) is 12.8 Å². The van der Waals surface area contributed by atoms with Crippen molar-refractivity contribution in [3.05, 3.63) is 76.3 Å². The number of nitrogens with zero attached hydrogens (tertiary/aromatic N) is 3. The number of hydrogen-bond acceptors (Lipinski definition) is 6. The second kappa shape index (κ2) is 18.2. The molecular formula is C38H47BF3N4O4. The Labute approximate surface area is 294 Å². The van der Waals surface area contributed by atoms with E-state index in [1.54, 1.807) is 14.1 Å². The molecule has 3 heterocycles. The first-order chi connectivity index (χ1) is 23.5. The van der Waals surface area contributed by atoms with Crippen LogP contribution >= 0.6 is 0 Å². The molecule has 1 aromatic heterocycles. The van der Waals surface area contributed by atoms with E-state index in [0.717, 1.165) is 48.1 Å². The van der Waals surface area contributed by atoms with E-state index >= 15 is 0 Å². The Kier molecular flexibility index (Phi) is 14.6. The van der Waals surface area contributed by atoms with Crippen molar-refractivity contribution < 1.29 is 32.6 Å². The van der Waals surface area contributed by atoms with Gasteiger partial charge in [-0.3, -0.25) is 4.79 Å². The van der Waals surface area contributed by atoms with Crippen LogP contribution in [-0.4, -0.2) is 90.4 Å². The predicted molar refractivity (Wildman–Crippen MR) is 191 cm³/mol. The molecule has 0 saturated carbocycles. The SMILES string of the molecule is CC(=O)O.[B]=C1C=C(C(F)(F)F)C(CCN(C)C)=CN1C(CC(C)C)C(=O)NCc1cc(-c2c(C)cccc2C)cc(C#CC2CCCO2)n1. The molecule has 1 radical (unpaired) electrons. The van der Waals surface area contributed by atoms with Crippen molar-refractivity contribution in [3.8, 4) is 23.0 Å². The molecule has 2 aromatic rings. The number of alkyl halides is 3. The van der Waals surface area contributed by atoms with Crippen molar-refractivity contribution in [2.45, 2.75) is 85.2 Å². The molecule has 0 aliphatic carbocycles. The molecule has 1 aromatic carbocycles. The molecule has 1 amide bonds. The minimum atomic E-state index is -4.57. The summed E-state index contributed by atoms with van der Waals surface area (Å²) in [4.78, 5) is 30.9. The third-order valence-corrected chi connectivity index (χ3v) is 8.08. The van der Waals surface area contributed by atoms with Gasteiger partial charge in [0, 0.05) is 13.5 Å². The summed E-state index contributed by atoms with van der Waals surface area (Å²) < 4.78 is 47.6. The zero-order valence-electron chi connectivity index (χ0n) is 29.9. The molecule has 12 heteroatoms. The van der Waals surface area contributed by atoms with Crippen LogP contribution in [0.2, 0.25) is 0 Å². The van der Waals surface area contributed by atoms with Crippen molar-refractivity contribution in [1.82, 2.24) is 20.1 Å². The molecule has 0 spiro atoms. The molecule has 1 saturated heterocycles. The zero-order chi connectivity index (χ0) is 37.2. The first-order valence-corrected chi connectivity index (χ1v) is 16.7. The average Bonchev–Trinajstić information content (AvgIpc) is 3.54. The summed E-state index contributed by atoms with van der Waals surface area (Å²) in [7, 11) is 9.82. The summed E-state index contributed by atoms with van der Waals surface area (Å²) >= 11 is 0. The molecule has 2 atom stereocenters. The monoisotopic (exact) mass is 691 g/mol. The van der Waals surface area contributed by atoms with E-state index in [0.29, 0.717) is 31.0 Å². The van der Waals surface area contributed by atoms with Crippen molar-refractivity contribution in [3.63, 3.8) is 0 Å². The van der Waals surface area contributed by atoms with Gasteiger partial charge in [-0.25, -0.2) is 0 Å². The van der Waals surface area contributed by atoms with Crippen LogP contribution in [0.3, 0.4) is 0 Å². The van der Waals surface area contributed by atoms with Gasteiger partial charge in [0.15, 0.2) is 0 Å². The number of carboxylic acid groups (broad SMARTS) is 1. The Morgan fingerprint density at radius 3 is 2.42 bits per heavy atom. The van der Waals surface area contributed by atoms with E-state index in [9.17, 15) is 18.0 Å². The molecule has 2 unspecified atom stereocenters. The van der Waals surface area contributed by atoms with Crippen molar-refractivity contribution in [1.29, 1.82) is 0 Å². The quantitative estimate of drug-likeness (QED) is 0.235. The van der Waals surface area contributed by atoms with Crippen LogP contribution in [0.25, 0.3) is 11.1 Å². The van der Waals surface area contributed by atoms with Crippen LogP contribution in [0.4, 0.5) is 13.2 Å².